The van der Waals surface area contributed by atoms with Crippen LogP contribution in [0.4, 0.5) is 0 Å². The van der Waals surface area contributed by atoms with E-state index in [1.807, 2.05) is 20.8 Å². The van der Waals surface area contributed by atoms with Crippen LogP contribution >= 0.6 is 0 Å². The molecular weight excluding hydrogens is 202 g/mol. The van der Waals surface area contributed by atoms with Gasteiger partial charge in [0.1, 0.15) is 6.61 Å². The summed E-state index contributed by atoms with van der Waals surface area (Å²) in [5.41, 5.74) is -0.236. The molecule has 1 unspecified atom stereocenters. The van der Waals surface area contributed by atoms with Gasteiger partial charge in [-0.2, -0.15) is 0 Å². The summed E-state index contributed by atoms with van der Waals surface area (Å²) in [6, 6.07) is 0.450. The molecule has 0 aromatic carbocycles. The van der Waals surface area contributed by atoms with Gasteiger partial charge in [0.15, 0.2) is 5.78 Å². The lowest BCUT2D eigenvalue weighted by molar-refractivity contribution is -0.132. The van der Waals surface area contributed by atoms with Gasteiger partial charge in [0, 0.05) is 11.5 Å². The summed E-state index contributed by atoms with van der Waals surface area (Å²) in [6.45, 7) is 8.03. The van der Waals surface area contributed by atoms with Gasteiger partial charge in [0.05, 0.1) is 6.61 Å². The van der Waals surface area contributed by atoms with E-state index in [2.05, 4.69) is 5.32 Å². The van der Waals surface area contributed by atoms with Gasteiger partial charge < -0.3 is 10.1 Å². The van der Waals surface area contributed by atoms with Crippen LogP contribution in [0.5, 0.6) is 0 Å². The van der Waals surface area contributed by atoms with Crippen molar-refractivity contribution < 1.29 is 9.53 Å². The number of ketones is 1. The standard InChI is InChI=1S/C13H25NO2/c1-4-13(2,3)12(15)10-16-9-11-7-5-6-8-14-11/h11,14H,4-10H2,1-3H3. The van der Waals surface area contributed by atoms with E-state index >= 15 is 0 Å². The molecule has 1 fully saturated rings. The first-order valence-corrected chi connectivity index (χ1v) is 6.40. The maximum atomic E-state index is 11.8. The van der Waals surface area contributed by atoms with Crippen LogP contribution in [0, 0.1) is 5.41 Å². The highest BCUT2D eigenvalue weighted by molar-refractivity contribution is 5.85. The summed E-state index contributed by atoms with van der Waals surface area (Å²) in [5.74, 6) is 0.214. The molecular formula is C13H25NO2. The average molecular weight is 227 g/mol. The molecule has 1 heterocycles. The lowest BCUT2D eigenvalue weighted by atomic mass is 9.86. The number of hydrogen-bond donors (Lipinski definition) is 1. The second-order valence-electron chi connectivity index (χ2n) is 5.32. The van der Waals surface area contributed by atoms with Crippen LogP contribution in [0.25, 0.3) is 0 Å². The summed E-state index contributed by atoms with van der Waals surface area (Å²) in [4.78, 5) is 11.8. The molecule has 1 N–H and O–H groups in total. The van der Waals surface area contributed by atoms with Crippen LogP contribution in [0.2, 0.25) is 0 Å². The number of nitrogens with one attached hydrogen (secondary N) is 1. The Bertz CT molecular complexity index is 220. The summed E-state index contributed by atoms with van der Waals surface area (Å²) < 4.78 is 5.51. The number of carbonyl (C=O) groups is 1. The Hall–Kier alpha value is -0.410. The van der Waals surface area contributed by atoms with Gasteiger partial charge in [-0.3, -0.25) is 4.79 Å². The SMILES string of the molecule is CCC(C)(C)C(=O)COCC1CCCCN1. The summed E-state index contributed by atoms with van der Waals surface area (Å²) in [7, 11) is 0. The third kappa shape index (κ3) is 4.22. The van der Waals surface area contributed by atoms with E-state index < -0.39 is 0 Å². The van der Waals surface area contributed by atoms with Gasteiger partial charge in [0.25, 0.3) is 0 Å². The Morgan fingerprint density at radius 2 is 2.19 bits per heavy atom. The molecule has 1 aliphatic rings. The van der Waals surface area contributed by atoms with Crippen molar-refractivity contribution in [2.24, 2.45) is 5.41 Å². The molecule has 3 nitrogen and oxygen atoms in total. The lowest BCUT2D eigenvalue weighted by Crippen LogP contribution is -2.38. The van der Waals surface area contributed by atoms with Gasteiger partial charge >= 0.3 is 0 Å². The van der Waals surface area contributed by atoms with Crippen molar-refractivity contribution in [3.05, 3.63) is 0 Å². The van der Waals surface area contributed by atoms with Crippen molar-refractivity contribution in [3.63, 3.8) is 0 Å². The van der Waals surface area contributed by atoms with Crippen molar-refractivity contribution in [3.8, 4) is 0 Å². The van der Waals surface area contributed by atoms with Crippen molar-refractivity contribution in [1.29, 1.82) is 0 Å². The number of hydrogen-bond acceptors (Lipinski definition) is 3. The van der Waals surface area contributed by atoms with Crippen LogP contribution in [0.15, 0.2) is 0 Å². The molecule has 0 bridgehead atoms. The van der Waals surface area contributed by atoms with E-state index in [0.29, 0.717) is 12.6 Å². The molecule has 1 rings (SSSR count). The minimum absolute atomic E-state index is 0.214. The molecule has 0 aliphatic carbocycles. The number of rotatable bonds is 6. The fourth-order valence-corrected chi connectivity index (χ4v) is 1.75. The first kappa shape index (κ1) is 13.7. The second kappa shape index (κ2) is 6.36. The lowest BCUT2D eigenvalue weighted by Gasteiger charge is -2.24. The maximum Gasteiger partial charge on any atom is 0.164 e. The molecule has 0 radical (unpaired) electrons. The van der Waals surface area contributed by atoms with E-state index in [4.69, 9.17) is 4.74 Å². The minimum Gasteiger partial charge on any atom is -0.372 e. The van der Waals surface area contributed by atoms with E-state index in [9.17, 15) is 4.79 Å². The zero-order chi connectivity index (χ0) is 12.0. The molecule has 1 atom stereocenters. The number of Topliss-reactive ketones (excluding diaryl/α,β-unsaturated/α-hetero) is 1. The fourth-order valence-electron chi connectivity index (χ4n) is 1.75. The highest BCUT2D eigenvalue weighted by Crippen LogP contribution is 2.20. The Morgan fingerprint density at radius 1 is 1.44 bits per heavy atom. The zero-order valence-corrected chi connectivity index (χ0v) is 10.8. The van der Waals surface area contributed by atoms with Gasteiger partial charge in [-0.05, 0) is 25.8 Å². The molecule has 1 aliphatic heterocycles. The Balaban J connectivity index is 2.17. The normalized spacial score (nSPS) is 22.1. The third-order valence-electron chi connectivity index (χ3n) is 3.60. The van der Waals surface area contributed by atoms with Crippen molar-refractivity contribution in [2.45, 2.75) is 52.5 Å². The van der Waals surface area contributed by atoms with E-state index in [1.54, 1.807) is 0 Å². The monoisotopic (exact) mass is 227 g/mol. The smallest absolute Gasteiger partial charge is 0.164 e. The number of carbonyl (C=O) groups excluding carboxylic acids is 1. The average Bonchev–Trinajstić information content (AvgIpc) is 2.30. The molecule has 3 heteroatoms. The predicted molar refractivity (Wildman–Crippen MR) is 65.5 cm³/mol. The van der Waals surface area contributed by atoms with Gasteiger partial charge in [-0.15, -0.1) is 0 Å². The van der Waals surface area contributed by atoms with Crippen molar-refractivity contribution in [1.82, 2.24) is 5.32 Å². The topological polar surface area (TPSA) is 38.3 Å². The second-order valence-corrected chi connectivity index (χ2v) is 5.32. The molecule has 0 aromatic rings. The molecule has 0 saturated carbocycles. The summed E-state index contributed by atoms with van der Waals surface area (Å²) in [6.07, 6.45) is 4.58. The van der Waals surface area contributed by atoms with Gasteiger partial charge in [-0.25, -0.2) is 0 Å². The largest absolute Gasteiger partial charge is 0.372 e. The summed E-state index contributed by atoms with van der Waals surface area (Å²) >= 11 is 0. The van der Waals surface area contributed by atoms with Crippen LogP contribution in [-0.2, 0) is 9.53 Å². The quantitative estimate of drug-likeness (QED) is 0.755. The van der Waals surface area contributed by atoms with Crippen molar-refractivity contribution >= 4 is 5.78 Å². The Morgan fingerprint density at radius 3 is 2.75 bits per heavy atom. The molecule has 94 valence electrons. The third-order valence-corrected chi connectivity index (χ3v) is 3.60. The highest BCUT2D eigenvalue weighted by Gasteiger charge is 2.25. The molecule has 16 heavy (non-hydrogen) atoms. The minimum atomic E-state index is -0.236. The Labute approximate surface area is 98.9 Å². The van der Waals surface area contributed by atoms with E-state index in [1.165, 1.54) is 19.3 Å². The fraction of sp³-hybridized carbons (Fsp3) is 0.923. The highest BCUT2D eigenvalue weighted by atomic mass is 16.5. The molecule has 0 aromatic heterocycles. The van der Waals surface area contributed by atoms with Crippen molar-refractivity contribution in [2.75, 3.05) is 19.8 Å². The van der Waals surface area contributed by atoms with Crippen LogP contribution in [0.1, 0.15) is 46.5 Å². The molecule has 0 amide bonds. The maximum absolute atomic E-state index is 11.8. The summed E-state index contributed by atoms with van der Waals surface area (Å²) in [5, 5.41) is 3.41. The Kier molecular flexibility index (Phi) is 5.42. The number of piperidine rings is 1. The van der Waals surface area contributed by atoms with E-state index in [0.717, 1.165) is 13.0 Å². The van der Waals surface area contributed by atoms with Crippen LogP contribution in [-0.4, -0.2) is 31.6 Å². The molecule has 0 spiro atoms. The number of ether oxygens (including phenoxy) is 1. The van der Waals surface area contributed by atoms with Crippen LogP contribution in [0.3, 0.4) is 0 Å². The molecule has 1 saturated heterocycles. The predicted octanol–water partition coefficient (Wildman–Crippen LogP) is 2.15. The van der Waals surface area contributed by atoms with E-state index in [-0.39, 0.29) is 17.8 Å². The first-order chi connectivity index (χ1) is 7.56. The zero-order valence-electron chi connectivity index (χ0n) is 10.8. The first-order valence-electron chi connectivity index (χ1n) is 6.40. The van der Waals surface area contributed by atoms with Gasteiger partial charge in [-0.1, -0.05) is 27.2 Å². The van der Waals surface area contributed by atoms with Gasteiger partial charge in [0.2, 0.25) is 0 Å². The van der Waals surface area contributed by atoms with Crippen LogP contribution < -0.4 is 5.32 Å².